The standard InChI is InChI=1S/C22H16ClN5OS/c1-14-6-8-19(24-10-14)28-21(29)17-4-2-3-5-18(17)26-22(28)30-13-16-12-27-11-15(23)7-9-20(27)25-16/h2-12H,13H2,1H3. The third-order valence-electron chi connectivity index (χ3n) is 4.68. The van der Waals surface area contributed by atoms with Crippen LogP contribution in [0.1, 0.15) is 11.3 Å². The zero-order valence-electron chi connectivity index (χ0n) is 16.0. The Balaban J connectivity index is 1.58. The van der Waals surface area contributed by atoms with E-state index in [0.717, 1.165) is 16.9 Å². The minimum absolute atomic E-state index is 0.138. The number of imidazole rings is 1. The second-order valence-corrected chi connectivity index (χ2v) is 8.26. The van der Waals surface area contributed by atoms with Crippen molar-refractivity contribution in [3.63, 3.8) is 0 Å². The molecular weight excluding hydrogens is 418 g/mol. The maximum absolute atomic E-state index is 13.3. The van der Waals surface area contributed by atoms with Gasteiger partial charge in [-0.15, -0.1) is 0 Å². The van der Waals surface area contributed by atoms with Crippen molar-refractivity contribution in [2.75, 3.05) is 0 Å². The van der Waals surface area contributed by atoms with E-state index in [1.54, 1.807) is 16.8 Å². The van der Waals surface area contributed by atoms with Gasteiger partial charge < -0.3 is 4.40 Å². The first kappa shape index (κ1) is 18.8. The van der Waals surface area contributed by atoms with Gasteiger partial charge in [0, 0.05) is 24.3 Å². The Morgan fingerprint density at radius 2 is 1.90 bits per heavy atom. The number of pyridine rings is 2. The molecule has 5 aromatic rings. The van der Waals surface area contributed by atoms with Gasteiger partial charge in [0.15, 0.2) is 5.16 Å². The van der Waals surface area contributed by atoms with Gasteiger partial charge in [-0.05, 0) is 42.8 Å². The van der Waals surface area contributed by atoms with Crippen LogP contribution in [0.5, 0.6) is 0 Å². The molecule has 0 unspecified atom stereocenters. The van der Waals surface area contributed by atoms with Crippen LogP contribution < -0.4 is 5.56 Å². The van der Waals surface area contributed by atoms with E-state index < -0.39 is 0 Å². The highest BCUT2D eigenvalue weighted by Gasteiger charge is 2.15. The molecule has 0 N–H and O–H groups in total. The highest BCUT2D eigenvalue weighted by Crippen LogP contribution is 2.24. The molecule has 0 saturated heterocycles. The Hall–Kier alpha value is -3.16. The van der Waals surface area contributed by atoms with Crippen molar-refractivity contribution in [3.05, 3.63) is 93.8 Å². The Morgan fingerprint density at radius 3 is 2.73 bits per heavy atom. The molecule has 0 amide bonds. The molecule has 0 aliphatic rings. The van der Waals surface area contributed by atoms with Crippen molar-refractivity contribution in [1.29, 1.82) is 0 Å². The summed E-state index contributed by atoms with van der Waals surface area (Å²) in [7, 11) is 0. The van der Waals surface area contributed by atoms with Crippen LogP contribution in [0.25, 0.3) is 22.4 Å². The number of fused-ring (bicyclic) bond motifs is 2. The Morgan fingerprint density at radius 1 is 1.03 bits per heavy atom. The van der Waals surface area contributed by atoms with Crippen LogP contribution in [-0.2, 0) is 5.75 Å². The Kier molecular flexibility index (Phi) is 4.77. The van der Waals surface area contributed by atoms with E-state index in [9.17, 15) is 4.79 Å². The summed E-state index contributed by atoms with van der Waals surface area (Å²) in [5, 5.41) is 1.78. The first-order valence-corrected chi connectivity index (χ1v) is 10.7. The first-order valence-electron chi connectivity index (χ1n) is 9.29. The van der Waals surface area contributed by atoms with Gasteiger partial charge >= 0.3 is 0 Å². The van der Waals surface area contributed by atoms with Gasteiger partial charge in [0.2, 0.25) is 0 Å². The van der Waals surface area contributed by atoms with Crippen LogP contribution in [0.4, 0.5) is 0 Å². The van der Waals surface area contributed by atoms with Crippen molar-refractivity contribution >= 4 is 39.9 Å². The summed E-state index contributed by atoms with van der Waals surface area (Å²) in [6, 6.07) is 14.8. The molecule has 148 valence electrons. The summed E-state index contributed by atoms with van der Waals surface area (Å²) in [6.45, 7) is 1.96. The number of hydrogen-bond acceptors (Lipinski definition) is 5. The number of benzene rings is 1. The maximum atomic E-state index is 13.3. The zero-order chi connectivity index (χ0) is 20.7. The van der Waals surface area contributed by atoms with Crippen molar-refractivity contribution < 1.29 is 0 Å². The number of aryl methyl sites for hydroxylation is 1. The third-order valence-corrected chi connectivity index (χ3v) is 5.88. The summed E-state index contributed by atoms with van der Waals surface area (Å²) < 4.78 is 3.46. The van der Waals surface area contributed by atoms with E-state index in [2.05, 4.69) is 9.97 Å². The smallest absolute Gasteiger partial charge is 0.267 e. The summed E-state index contributed by atoms with van der Waals surface area (Å²) in [4.78, 5) is 27.1. The second-order valence-electron chi connectivity index (χ2n) is 6.88. The molecular formula is C22H16ClN5OS. The molecule has 0 aliphatic heterocycles. The normalized spacial score (nSPS) is 11.4. The van der Waals surface area contributed by atoms with Crippen LogP contribution in [0.2, 0.25) is 5.02 Å². The van der Waals surface area contributed by atoms with E-state index in [1.165, 1.54) is 11.8 Å². The lowest BCUT2D eigenvalue weighted by atomic mass is 10.2. The maximum Gasteiger partial charge on any atom is 0.267 e. The number of hydrogen-bond donors (Lipinski definition) is 0. The van der Waals surface area contributed by atoms with Gasteiger partial charge in [-0.3, -0.25) is 4.79 Å². The summed E-state index contributed by atoms with van der Waals surface area (Å²) >= 11 is 7.52. The second kappa shape index (κ2) is 7.59. The van der Waals surface area contributed by atoms with Crippen molar-refractivity contribution in [1.82, 2.24) is 23.9 Å². The molecule has 30 heavy (non-hydrogen) atoms. The van der Waals surface area contributed by atoms with Gasteiger partial charge in [-0.2, -0.15) is 0 Å². The fourth-order valence-electron chi connectivity index (χ4n) is 3.23. The number of aromatic nitrogens is 5. The monoisotopic (exact) mass is 433 g/mol. The van der Waals surface area contributed by atoms with Gasteiger partial charge in [0.05, 0.1) is 21.6 Å². The van der Waals surface area contributed by atoms with E-state index in [1.807, 2.05) is 66.2 Å². The summed E-state index contributed by atoms with van der Waals surface area (Å²) in [5.41, 5.74) is 3.24. The number of nitrogens with zero attached hydrogens (tertiary/aromatic N) is 5. The fourth-order valence-corrected chi connectivity index (χ4v) is 4.28. The molecule has 0 fully saturated rings. The van der Waals surface area contributed by atoms with Gasteiger partial charge in [0.1, 0.15) is 11.5 Å². The van der Waals surface area contributed by atoms with Crippen LogP contribution in [-0.4, -0.2) is 23.9 Å². The SMILES string of the molecule is Cc1ccc(-n2c(SCc3cn4cc(Cl)ccc4n3)nc3ccccc3c2=O)nc1. The number of thioether (sulfide) groups is 1. The van der Waals surface area contributed by atoms with E-state index in [0.29, 0.717) is 32.7 Å². The molecule has 5 rings (SSSR count). The summed E-state index contributed by atoms with van der Waals surface area (Å²) in [5.74, 6) is 1.10. The fraction of sp³-hybridized carbons (Fsp3) is 0.0909. The highest BCUT2D eigenvalue weighted by atomic mass is 35.5. The van der Waals surface area contributed by atoms with Crippen molar-refractivity contribution in [2.24, 2.45) is 0 Å². The predicted octanol–water partition coefficient (Wildman–Crippen LogP) is 4.68. The lowest BCUT2D eigenvalue weighted by Gasteiger charge is -2.12. The number of halogens is 1. The zero-order valence-corrected chi connectivity index (χ0v) is 17.6. The largest absolute Gasteiger partial charge is 0.305 e. The molecule has 1 aromatic carbocycles. The number of para-hydroxylation sites is 1. The number of rotatable bonds is 4. The van der Waals surface area contributed by atoms with Crippen LogP contribution in [0.15, 0.2) is 77.1 Å². The van der Waals surface area contributed by atoms with Crippen molar-refractivity contribution in [3.8, 4) is 5.82 Å². The minimum atomic E-state index is -0.138. The lowest BCUT2D eigenvalue weighted by molar-refractivity contribution is 0.794. The molecule has 6 nitrogen and oxygen atoms in total. The molecule has 0 radical (unpaired) electrons. The predicted molar refractivity (Wildman–Crippen MR) is 120 cm³/mol. The molecule has 0 atom stereocenters. The minimum Gasteiger partial charge on any atom is -0.305 e. The average Bonchev–Trinajstić information content (AvgIpc) is 3.15. The summed E-state index contributed by atoms with van der Waals surface area (Å²) in [6.07, 6.45) is 5.50. The van der Waals surface area contributed by atoms with Crippen molar-refractivity contribution in [2.45, 2.75) is 17.8 Å². The lowest BCUT2D eigenvalue weighted by Crippen LogP contribution is -2.22. The van der Waals surface area contributed by atoms with Crippen LogP contribution in [0.3, 0.4) is 0 Å². The quantitative estimate of drug-likeness (QED) is 0.304. The van der Waals surface area contributed by atoms with Gasteiger partial charge in [0.25, 0.3) is 5.56 Å². The first-order chi connectivity index (χ1) is 14.6. The molecule has 8 heteroatoms. The van der Waals surface area contributed by atoms with Gasteiger partial charge in [-0.1, -0.05) is 41.6 Å². The molecule has 0 bridgehead atoms. The van der Waals surface area contributed by atoms with E-state index in [-0.39, 0.29) is 5.56 Å². The topological polar surface area (TPSA) is 65.1 Å². The highest BCUT2D eigenvalue weighted by molar-refractivity contribution is 7.98. The Labute approximate surface area is 181 Å². The van der Waals surface area contributed by atoms with Crippen LogP contribution >= 0.6 is 23.4 Å². The van der Waals surface area contributed by atoms with E-state index >= 15 is 0 Å². The third kappa shape index (κ3) is 3.46. The molecule has 4 heterocycles. The van der Waals surface area contributed by atoms with Gasteiger partial charge in [-0.25, -0.2) is 19.5 Å². The molecule has 4 aromatic heterocycles. The van der Waals surface area contributed by atoms with E-state index in [4.69, 9.17) is 16.6 Å². The molecule has 0 saturated carbocycles. The molecule has 0 spiro atoms. The Bertz CT molecular complexity index is 1440. The molecule has 0 aliphatic carbocycles. The van der Waals surface area contributed by atoms with Crippen LogP contribution in [0, 0.1) is 6.92 Å². The average molecular weight is 434 g/mol.